The minimum atomic E-state index is 0.0137. The molecule has 3 aromatic rings. The molecule has 0 saturated heterocycles. The van der Waals surface area contributed by atoms with Gasteiger partial charge in [0.1, 0.15) is 0 Å². The highest BCUT2D eigenvalue weighted by Crippen LogP contribution is 2.32. The lowest BCUT2D eigenvalue weighted by molar-refractivity contribution is 0.0782. The molecule has 1 aliphatic heterocycles. The maximum atomic E-state index is 12.7. The quantitative estimate of drug-likeness (QED) is 0.696. The number of benzene rings is 1. The van der Waals surface area contributed by atoms with E-state index in [4.69, 9.17) is 16.3 Å². The third-order valence-corrected chi connectivity index (χ3v) is 5.34. The SMILES string of the molecule is COc1nn(C)cc1Cc1cc(Nc2cccc3c2C(=O)N(C)CC3)c(Cl)cn1. The molecule has 1 aromatic carbocycles. The average molecular weight is 412 g/mol. The smallest absolute Gasteiger partial charge is 0.255 e. The van der Waals surface area contributed by atoms with Gasteiger partial charge in [0.25, 0.3) is 5.91 Å². The summed E-state index contributed by atoms with van der Waals surface area (Å²) in [5.41, 5.74) is 4.94. The highest BCUT2D eigenvalue weighted by molar-refractivity contribution is 6.33. The number of pyridine rings is 1. The number of rotatable bonds is 5. The van der Waals surface area contributed by atoms with Crippen molar-refractivity contribution >= 4 is 28.9 Å². The summed E-state index contributed by atoms with van der Waals surface area (Å²) in [6.07, 6.45) is 4.91. The van der Waals surface area contributed by atoms with Crippen LogP contribution in [0.2, 0.25) is 5.02 Å². The average Bonchev–Trinajstić information content (AvgIpc) is 3.06. The molecule has 29 heavy (non-hydrogen) atoms. The van der Waals surface area contributed by atoms with Crippen molar-refractivity contribution in [1.82, 2.24) is 19.7 Å². The monoisotopic (exact) mass is 411 g/mol. The Labute approximate surface area is 174 Å². The fourth-order valence-corrected chi connectivity index (χ4v) is 3.72. The van der Waals surface area contributed by atoms with E-state index in [1.54, 1.807) is 22.9 Å². The van der Waals surface area contributed by atoms with Gasteiger partial charge in [-0.3, -0.25) is 14.5 Å². The maximum absolute atomic E-state index is 12.7. The van der Waals surface area contributed by atoms with Gasteiger partial charge in [0.05, 0.1) is 29.1 Å². The summed E-state index contributed by atoms with van der Waals surface area (Å²) in [5.74, 6) is 0.587. The van der Waals surface area contributed by atoms with Crippen molar-refractivity contribution in [3.8, 4) is 5.88 Å². The molecule has 0 aliphatic carbocycles. The predicted molar refractivity (Wildman–Crippen MR) is 112 cm³/mol. The predicted octanol–water partition coefficient (Wildman–Crippen LogP) is 3.44. The van der Waals surface area contributed by atoms with Crippen LogP contribution >= 0.6 is 11.6 Å². The number of hydrogen-bond acceptors (Lipinski definition) is 5. The summed E-state index contributed by atoms with van der Waals surface area (Å²) >= 11 is 6.40. The number of fused-ring (bicyclic) bond motifs is 1. The zero-order chi connectivity index (χ0) is 20.5. The summed E-state index contributed by atoms with van der Waals surface area (Å²) in [6.45, 7) is 0.725. The van der Waals surface area contributed by atoms with E-state index in [0.29, 0.717) is 28.6 Å². The molecule has 4 rings (SSSR count). The van der Waals surface area contributed by atoms with E-state index in [-0.39, 0.29) is 5.91 Å². The van der Waals surface area contributed by atoms with Gasteiger partial charge in [-0.15, -0.1) is 5.10 Å². The Bertz CT molecular complexity index is 1080. The normalized spacial score (nSPS) is 13.4. The van der Waals surface area contributed by atoms with E-state index in [2.05, 4.69) is 15.4 Å². The van der Waals surface area contributed by atoms with Crippen LogP contribution in [0.3, 0.4) is 0 Å². The number of carbonyl (C=O) groups is 1. The van der Waals surface area contributed by atoms with Crippen molar-refractivity contribution in [3.63, 3.8) is 0 Å². The summed E-state index contributed by atoms with van der Waals surface area (Å²) in [5, 5.41) is 8.11. The first-order valence-corrected chi connectivity index (χ1v) is 9.69. The fraction of sp³-hybridized carbons (Fsp3) is 0.286. The summed E-state index contributed by atoms with van der Waals surface area (Å²) < 4.78 is 7.04. The standard InChI is InChI=1S/C21H22ClN5O2/c1-26-8-7-13-5-4-6-17(19(13)21(26)28)24-18-10-15(23-11-16(18)22)9-14-12-27(2)25-20(14)29-3/h4-6,10-12H,7-9H2,1-3H3,(H,23,24). The van der Waals surface area contributed by atoms with Gasteiger partial charge in [-0.1, -0.05) is 23.7 Å². The van der Waals surface area contributed by atoms with Crippen molar-refractivity contribution in [1.29, 1.82) is 0 Å². The number of aryl methyl sites for hydroxylation is 1. The van der Waals surface area contributed by atoms with Gasteiger partial charge in [-0.2, -0.15) is 0 Å². The first-order valence-electron chi connectivity index (χ1n) is 9.31. The number of carbonyl (C=O) groups excluding carboxylic acids is 1. The molecule has 0 atom stereocenters. The fourth-order valence-electron chi connectivity index (χ4n) is 3.57. The van der Waals surface area contributed by atoms with Crippen LogP contribution in [0.1, 0.15) is 27.2 Å². The number of aromatic nitrogens is 3. The molecule has 7 nitrogen and oxygen atoms in total. The number of nitrogens with one attached hydrogen (secondary N) is 1. The van der Waals surface area contributed by atoms with Crippen LogP contribution in [-0.2, 0) is 19.9 Å². The minimum Gasteiger partial charge on any atom is -0.480 e. The first kappa shape index (κ1) is 19.3. The number of anilines is 2. The molecule has 3 heterocycles. The molecule has 150 valence electrons. The van der Waals surface area contributed by atoms with Crippen LogP contribution in [0.4, 0.5) is 11.4 Å². The van der Waals surface area contributed by atoms with Crippen molar-refractivity contribution < 1.29 is 9.53 Å². The van der Waals surface area contributed by atoms with Crippen molar-refractivity contribution in [2.45, 2.75) is 12.8 Å². The molecule has 0 unspecified atom stereocenters. The number of methoxy groups -OCH3 is 1. The third kappa shape index (κ3) is 3.78. The number of nitrogens with zero attached hydrogens (tertiary/aromatic N) is 4. The molecule has 0 spiro atoms. The highest BCUT2D eigenvalue weighted by Gasteiger charge is 2.24. The summed E-state index contributed by atoms with van der Waals surface area (Å²) in [4.78, 5) is 18.9. The summed E-state index contributed by atoms with van der Waals surface area (Å²) in [6, 6.07) is 7.75. The first-order chi connectivity index (χ1) is 14.0. The molecule has 0 bridgehead atoms. The Morgan fingerprint density at radius 3 is 2.90 bits per heavy atom. The number of ether oxygens (including phenoxy) is 1. The maximum Gasteiger partial charge on any atom is 0.255 e. The van der Waals surface area contributed by atoms with Crippen LogP contribution < -0.4 is 10.1 Å². The molecule has 0 saturated carbocycles. The van der Waals surface area contributed by atoms with Crippen molar-refractivity contribution in [2.75, 3.05) is 26.0 Å². The third-order valence-electron chi connectivity index (χ3n) is 5.04. The van der Waals surface area contributed by atoms with Gasteiger partial charge in [0.15, 0.2) is 0 Å². The zero-order valence-electron chi connectivity index (χ0n) is 16.6. The molecule has 1 aliphatic rings. The van der Waals surface area contributed by atoms with Gasteiger partial charge in [-0.25, -0.2) is 0 Å². The van der Waals surface area contributed by atoms with Crippen molar-refractivity contribution in [3.05, 3.63) is 64.1 Å². The molecular weight excluding hydrogens is 390 g/mol. The van der Waals surface area contributed by atoms with Crippen LogP contribution in [0.25, 0.3) is 0 Å². The van der Waals surface area contributed by atoms with E-state index in [0.717, 1.165) is 35.5 Å². The molecular formula is C21H22ClN5O2. The van der Waals surface area contributed by atoms with E-state index < -0.39 is 0 Å². The van der Waals surface area contributed by atoms with E-state index >= 15 is 0 Å². The van der Waals surface area contributed by atoms with Crippen LogP contribution in [0, 0.1) is 0 Å². The molecule has 0 radical (unpaired) electrons. The highest BCUT2D eigenvalue weighted by atomic mass is 35.5. The molecule has 1 N–H and O–H groups in total. The Balaban J connectivity index is 1.65. The van der Waals surface area contributed by atoms with E-state index in [1.807, 2.05) is 44.6 Å². The number of halogens is 1. The van der Waals surface area contributed by atoms with Crippen molar-refractivity contribution in [2.24, 2.45) is 7.05 Å². The summed E-state index contributed by atoms with van der Waals surface area (Å²) in [7, 11) is 5.27. The van der Waals surface area contributed by atoms with Crippen LogP contribution in [-0.4, -0.2) is 46.3 Å². The Hall–Kier alpha value is -3.06. The minimum absolute atomic E-state index is 0.0137. The van der Waals surface area contributed by atoms with Gasteiger partial charge >= 0.3 is 0 Å². The lowest BCUT2D eigenvalue weighted by Crippen LogP contribution is -2.34. The van der Waals surface area contributed by atoms with Gasteiger partial charge < -0.3 is 15.0 Å². The number of amides is 1. The Morgan fingerprint density at radius 2 is 2.10 bits per heavy atom. The Kier molecular flexibility index (Phi) is 5.15. The second-order valence-corrected chi connectivity index (χ2v) is 7.52. The largest absolute Gasteiger partial charge is 0.480 e. The van der Waals surface area contributed by atoms with E-state index in [9.17, 15) is 4.79 Å². The van der Waals surface area contributed by atoms with Crippen LogP contribution in [0.15, 0.2) is 36.7 Å². The Morgan fingerprint density at radius 1 is 1.28 bits per heavy atom. The molecule has 8 heteroatoms. The van der Waals surface area contributed by atoms with Gasteiger partial charge in [0.2, 0.25) is 5.88 Å². The molecule has 1 amide bonds. The van der Waals surface area contributed by atoms with Crippen LogP contribution in [0.5, 0.6) is 5.88 Å². The second-order valence-electron chi connectivity index (χ2n) is 7.11. The topological polar surface area (TPSA) is 72.3 Å². The second kappa shape index (κ2) is 7.75. The van der Waals surface area contributed by atoms with E-state index in [1.165, 1.54) is 0 Å². The van der Waals surface area contributed by atoms with Gasteiger partial charge in [0, 0.05) is 50.7 Å². The molecule has 2 aromatic heterocycles. The lowest BCUT2D eigenvalue weighted by Gasteiger charge is -2.27. The lowest BCUT2D eigenvalue weighted by atomic mass is 9.97. The number of hydrogen-bond donors (Lipinski definition) is 1. The molecule has 0 fully saturated rings. The number of likely N-dealkylation sites (N-methyl/N-ethyl adjacent to an activating group) is 1. The van der Waals surface area contributed by atoms with Gasteiger partial charge in [-0.05, 0) is 24.1 Å². The zero-order valence-corrected chi connectivity index (χ0v) is 17.3.